The van der Waals surface area contributed by atoms with Crippen LogP contribution in [0, 0.1) is 6.92 Å². The molecule has 0 saturated carbocycles. The second kappa shape index (κ2) is 9.73. The number of benzene rings is 1. The summed E-state index contributed by atoms with van der Waals surface area (Å²) in [7, 11) is 5.28. The molecule has 0 heterocycles. The molecule has 0 amide bonds. The van der Waals surface area contributed by atoms with Crippen LogP contribution in [0.1, 0.15) is 11.1 Å². The van der Waals surface area contributed by atoms with Crippen LogP contribution < -0.4 is 10.2 Å². The molecule has 120 valence electrons. The highest BCUT2D eigenvalue weighted by molar-refractivity contribution is 5.54. The minimum Gasteiger partial charge on any atom is -0.389 e. The van der Waals surface area contributed by atoms with E-state index in [0.717, 1.165) is 18.8 Å². The number of aliphatic hydroxyl groups excluding tert-OH is 1. The van der Waals surface area contributed by atoms with Crippen LogP contribution in [0.25, 0.3) is 0 Å². The number of aryl methyl sites for hydroxylation is 1. The number of nitrogens with zero attached hydrogens (tertiary/aromatic N) is 1. The molecule has 0 fully saturated rings. The Kier molecular flexibility index (Phi) is 8.30. The first-order valence-corrected chi connectivity index (χ1v) is 7.25. The number of hydrogen-bond donors (Lipinski definition) is 2. The highest BCUT2D eigenvalue weighted by atomic mass is 16.5. The van der Waals surface area contributed by atoms with Crippen LogP contribution in [0.2, 0.25) is 0 Å². The van der Waals surface area contributed by atoms with Crippen LogP contribution in [0.15, 0.2) is 18.2 Å². The van der Waals surface area contributed by atoms with Crippen molar-refractivity contribution in [3.63, 3.8) is 0 Å². The molecule has 1 aromatic carbocycles. The smallest absolute Gasteiger partial charge is 0.0947 e. The summed E-state index contributed by atoms with van der Waals surface area (Å²) in [5.41, 5.74) is 3.58. The molecule has 0 aliphatic heterocycles. The molecule has 0 saturated heterocycles. The summed E-state index contributed by atoms with van der Waals surface area (Å²) in [6.07, 6.45) is -0.490. The van der Waals surface area contributed by atoms with Crippen molar-refractivity contribution in [2.45, 2.75) is 19.6 Å². The molecule has 0 aliphatic carbocycles. The Bertz CT molecular complexity index is 413. The third-order valence-corrected chi connectivity index (χ3v) is 3.29. The van der Waals surface area contributed by atoms with Gasteiger partial charge in [0.2, 0.25) is 0 Å². The quantitative estimate of drug-likeness (QED) is 0.635. The summed E-state index contributed by atoms with van der Waals surface area (Å²) < 4.78 is 10.0. The Morgan fingerprint density at radius 3 is 2.71 bits per heavy atom. The van der Waals surface area contributed by atoms with Gasteiger partial charge in [-0.25, -0.2) is 0 Å². The molecule has 0 radical (unpaired) electrons. The third-order valence-electron chi connectivity index (χ3n) is 3.29. The zero-order chi connectivity index (χ0) is 15.7. The lowest BCUT2D eigenvalue weighted by Crippen LogP contribution is -2.33. The Morgan fingerprint density at radius 2 is 2.05 bits per heavy atom. The van der Waals surface area contributed by atoms with E-state index in [2.05, 4.69) is 35.3 Å². The molecule has 21 heavy (non-hydrogen) atoms. The fraction of sp³-hybridized carbons (Fsp3) is 0.625. The molecular weight excluding hydrogens is 268 g/mol. The summed E-state index contributed by atoms with van der Waals surface area (Å²) in [6, 6.07) is 6.36. The molecular formula is C16H28N2O3. The Morgan fingerprint density at radius 1 is 1.29 bits per heavy atom. The predicted octanol–water partition coefficient (Wildman–Crippen LogP) is 1.17. The maximum Gasteiger partial charge on any atom is 0.0947 e. The molecule has 1 atom stereocenters. The maximum absolute atomic E-state index is 9.87. The number of methoxy groups -OCH3 is 2. The second-order valence-electron chi connectivity index (χ2n) is 5.29. The van der Waals surface area contributed by atoms with Crippen molar-refractivity contribution < 1.29 is 14.6 Å². The number of ether oxygens (including phenoxy) is 2. The van der Waals surface area contributed by atoms with Gasteiger partial charge in [-0.2, -0.15) is 0 Å². The number of hydrogen-bond acceptors (Lipinski definition) is 5. The van der Waals surface area contributed by atoms with E-state index < -0.39 is 6.10 Å². The van der Waals surface area contributed by atoms with Crippen LogP contribution in [0.5, 0.6) is 0 Å². The molecule has 5 heteroatoms. The molecule has 5 nitrogen and oxygen atoms in total. The van der Waals surface area contributed by atoms with Crippen LogP contribution in [-0.4, -0.2) is 58.8 Å². The standard InChI is InChI=1S/C16H28N2O3/c1-13-5-6-16(18(2)11-15(19)12-21-4)14(9-13)10-17-7-8-20-3/h5-6,9,15,17,19H,7-8,10-12H2,1-4H3. The van der Waals surface area contributed by atoms with Crippen molar-refractivity contribution >= 4 is 5.69 Å². The minimum absolute atomic E-state index is 0.345. The third kappa shape index (κ3) is 6.44. The van der Waals surface area contributed by atoms with E-state index in [9.17, 15) is 5.11 Å². The van der Waals surface area contributed by atoms with Crippen molar-refractivity contribution in [2.24, 2.45) is 0 Å². The maximum atomic E-state index is 9.87. The normalized spacial score (nSPS) is 12.4. The molecule has 1 rings (SSSR count). The zero-order valence-electron chi connectivity index (χ0n) is 13.6. The van der Waals surface area contributed by atoms with Gasteiger partial charge in [-0.3, -0.25) is 0 Å². The van der Waals surface area contributed by atoms with Gasteiger partial charge < -0.3 is 24.8 Å². The largest absolute Gasteiger partial charge is 0.389 e. The monoisotopic (exact) mass is 296 g/mol. The van der Waals surface area contributed by atoms with Gasteiger partial charge in [0, 0.05) is 46.6 Å². The zero-order valence-corrected chi connectivity index (χ0v) is 13.6. The highest BCUT2D eigenvalue weighted by Crippen LogP contribution is 2.21. The van der Waals surface area contributed by atoms with Crippen LogP contribution >= 0.6 is 0 Å². The van der Waals surface area contributed by atoms with Gasteiger partial charge in [-0.15, -0.1) is 0 Å². The van der Waals surface area contributed by atoms with Gasteiger partial charge in [-0.05, 0) is 18.6 Å². The summed E-state index contributed by atoms with van der Waals surface area (Å²) in [4.78, 5) is 2.07. The first-order valence-electron chi connectivity index (χ1n) is 7.25. The lowest BCUT2D eigenvalue weighted by atomic mass is 10.1. The number of likely N-dealkylation sites (N-methyl/N-ethyl adjacent to an activating group) is 1. The van der Waals surface area contributed by atoms with E-state index in [4.69, 9.17) is 9.47 Å². The SMILES string of the molecule is COCCNCc1cc(C)ccc1N(C)CC(O)COC. The first kappa shape index (κ1) is 17.9. The highest BCUT2D eigenvalue weighted by Gasteiger charge is 2.12. The lowest BCUT2D eigenvalue weighted by molar-refractivity contribution is 0.0695. The summed E-state index contributed by atoms with van der Waals surface area (Å²) in [5.74, 6) is 0. The van der Waals surface area contributed by atoms with Gasteiger partial charge in [0.1, 0.15) is 0 Å². The summed E-state index contributed by atoms with van der Waals surface area (Å²) in [5, 5.41) is 13.2. The topological polar surface area (TPSA) is 54.0 Å². The van der Waals surface area contributed by atoms with Crippen molar-refractivity contribution in [1.29, 1.82) is 0 Å². The molecule has 0 aliphatic rings. The Hall–Kier alpha value is -1.14. The van der Waals surface area contributed by atoms with Gasteiger partial charge in [0.05, 0.1) is 19.3 Å². The fourth-order valence-electron chi connectivity index (χ4n) is 2.29. The Balaban J connectivity index is 2.70. The van der Waals surface area contributed by atoms with E-state index in [1.54, 1.807) is 14.2 Å². The number of nitrogens with one attached hydrogen (secondary N) is 1. The second-order valence-corrected chi connectivity index (χ2v) is 5.29. The van der Waals surface area contributed by atoms with Gasteiger partial charge in [-0.1, -0.05) is 17.7 Å². The molecule has 0 spiro atoms. The molecule has 1 unspecified atom stereocenters. The van der Waals surface area contributed by atoms with Crippen molar-refractivity contribution in [1.82, 2.24) is 5.32 Å². The van der Waals surface area contributed by atoms with E-state index in [1.807, 2.05) is 7.05 Å². The summed E-state index contributed by atoms with van der Waals surface area (Å²) in [6.45, 7) is 5.27. The van der Waals surface area contributed by atoms with Crippen LogP contribution in [0.4, 0.5) is 5.69 Å². The average Bonchev–Trinajstić information content (AvgIpc) is 2.43. The van der Waals surface area contributed by atoms with Crippen LogP contribution in [-0.2, 0) is 16.0 Å². The number of rotatable bonds is 10. The van der Waals surface area contributed by atoms with E-state index in [0.29, 0.717) is 19.8 Å². The number of aliphatic hydroxyl groups is 1. The van der Waals surface area contributed by atoms with Gasteiger partial charge in [0.25, 0.3) is 0 Å². The minimum atomic E-state index is -0.490. The Labute approximate surface area is 127 Å². The molecule has 0 aromatic heterocycles. The molecule has 2 N–H and O–H groups in total. The lowest BCUT2D eigenvalue weighted by Gasteiger charge is -2.25. The van der Waals surface area contributed by atoms with Crippen molar-refractivity contribution in [2.75, 3.05) is 52.5 Å². The van der Waals surface area contributed by atoms with E-state index in [1.165, 1.54) is 11.1 Å². The predicted molar refractivity (Wildman–Crippen MR) is 85.9 cm³/mol. The van der Waals surface area contributed by atoms with Gasteiger partial charge in [0.15, 0.2) is 0 Å². The fourth-order valence-corrected chi connectivity index (χ4v) is 2.29. The van der Waals surface area contributed by atoms with E-state index in [-0.39, 0.29) is 0 Å². The number of anilines is 1. The first-order chi connectivity index (χ1) is 10.1. The van der Waals surface area contributed by atoms with Crippen molar-refractivity contribution in [3.8, 4) is 0 Å². The van der Waals surface area contributed by atoms with E-state index >= 15 is 0 Å². The van der Waals surface area contributed by atoms with Crippen LogP contribution in [0.3, 0.4) is 0 Å². The van der Waals surface area contributed by atoms with Crippen molar-refractivity contribution in [3.05, 3.63) is 29.3 Å². The molecule has 1 aromatic rings. The molecule has 0 bridgehead atoms. The summed E-state index contributed by atoms with van der Waals surface area (Å²) >= 11 is 0. The van der Waals surface area contributed by atoms with Gasteiger partial charge >= 0.3 is 0 Å². The average molecular weight is 296 g/mol.